The molecule has 2 aliphatic rings. The van der Waals surface area contributed by atoms with Gasteiger partial charge in [-0.25, -0.2) is 0 Å². The molecule has 4 aromatic rings. The number of hydrogen-bond acceptors (Lipinski definition) is 6. The van der Waals surface area contributed by atoms with Gasteiger partial charge >= 0.3 is 0 Å². The predicted molar refractivity (Wildman–Crippen MR) is 148 cm³/mol. The van der Waals surface area contributed by atoms with Crippen LogP contribution in [0.1, 0.15) is 46.5 Å². The number of amides is 1. The van der Waals surface area contributed by atoms with Crippen molar-refractivity contribution in [1.82, 2.24) is 0 Å². The van der Waals surface area contributed by atoms with E-state index in [0.29, 0.717) is 34.7 Å². The first-order valence-corrected chi connectivity index (χ1v) is 12.8. The summed E-state index contributed by atoms with van der Waals surface area (Å²) in [6.45, 7) is 0. The molecule has 7 nitrogen and oxygen atoms in total. The van der Waals surface area contributed by atoms with Gasteiger partial charge in [-0.3, -0.25) is 14.5 Å². The number of nitrogens with zero attached hydrogens (tertiary/aromatic N) is 1. The molecule has 1 aromatic heterocycles. The molecule has 0 spiro atoms. The van der Waals surface area contributed by atoms with Crippen molar-refractivity contribution in [2.45, 2.75) is 24.8 Å². The summed E-state index contributed by atoms with van der Waals surface area (Å²) in [6.07, 6.45) is 2.48. The summed E-state index contributed by atoms with van der Waals surface area (Å²) in [5.41, 5.74) is 3.97. The maximum atomic E-state index is 14.4. The molecule has 196 valence electrons. The SMILES string of the molecule is COc1ccc(C(=O)N2c3ccccc3NC3=C(C(=O)C[C@H](c4ccco4)C3)[C@H]2c2ccccc2OC)cc1. The highest BCUT2D eigenvalue weighted by Crippen LogP contribution is 2.49. The van der Waals surface area contributed by atoms with Crippen LogP contribution in [-0.4, -0.2) is 25.9 Å². The Hall–Kier alpha value is -4.78. The molecule has 1 aliphatic carbocycles. The molecule has 0 saturated carbocycles. The first-order chi connectivity index (χ1) is 19.1. The maximum Gasteiger partial charge on any atom is 0.259 e. The Labute approximate surface area is 226 Å². The van der Waals surface area contributed by atoms with Crippen molar-refractivity contribution in [3.8, 4) is 11.5 Å². The lowest BCUT2D eigenvalue weighted by atomic mass is 9.79. The lowest BCUT2D eigenvalue weighted by molar-refractivity contribution is -0.116. The third-order valence-electron chi connectivity index (χ3n) is 7.42. The Morgan fingerprint density at radius 1 is 0.897 bits per heavy atom. The first-order valence-electron chi connectivity index (χ1n) is 12.8. The Kier molecular flexibility index (Phi) is 6.40. The lowest BCUT2D eigenvalue weighted by Crippen LogP contribution is -2.38. The Morgan fingerprint density at radius 2 is 1.67 bits per heavy atom. The average molecular weight is 521 g/mol. The second-order valence-electron chi connectivity index (χ2n) is 9.63. The van der Waals surface area contributed by atoms with Crippen molar-refractivity contribution in [2.75, 3.05) is 24.4 Å². The molecule has 0 fully saturated rings. The number of rotatable bonds is 5. The molecule has 0 unspecified atom stereocenters. The van der Waals surface area contributed by atoms with E-state index in [1.165, 1.54) is 0 Å². The number of methoxy groups -OCH3 is 2. The number of furan rings is 1. The van der Waals surface area contributed by atoms with Crippen molar-refractivity contribution in [3.63, 3.8) is 0 Å². The zero-order chi connectivity index (χ0) is 26.9. The summed E-state index contributed by atoms with van der Waals surface area (Å²) in [7, 11) is 3.19. The van der Waals surface area contributed by atoms with Crippen LogP contribution in [0.4, 0.5) is 11.4 Å². The van der Waals surface area contributed by atoms with Crippen LogP contribution in [0, 0.1) is 0 Å². The molecule has 0 bridgehead atoms. The predicted octanol–water partition coefficient (Wildman–Crippen LogP) is 6.51. The van der Waals surface area contributed by atoms with Crippen LogP contribution in [0.5, 0.6) is 11.5 Å². The highest BCUT2D eigenvalue weighted by atomic mass is 16.5. The number of hydrogen-bond donors (Lipinski definition) is 1. The molecule has 1 amide bonds. The van der Waals surface area contributed by atoms with Gasteiger partial charge in [0.15, 0.2) is 5.78 Å². The third kappa shape index (κ3) is 4.36. The van der Waals surface area contributed by atoms with Crippen LogP contribution >= 0.6 is 0 Å². The van der Waals surface area contributed by atoms with Gasteiger partial charge in [-0.15, -0.1) is 0 Å². The number of carbonyl (C=O) groups excluding carboxylic acids is 2. The number of Topliss-reactive ketones (excluding diaryl/α,β-unsaturated/α-hetero) is 1. The number of carbonyl (C=O) groups is 2. The maximum absolute atomic E-state index is 14.4. The molecule has 0 saturated heterocycles. The van der Waals surface area contributed by atoms with Gasteiger partial charge in [0.2, 0.25) is 0 Å². The zero-order valence-corrected chi connectivity index (χ0v) is 21.7. The van der Waals surface area contributed by atoms with Gasteiger partial charge in [-0.05, 0) is 61.0 Å². The van der Waals surface area contributed by atoms with Crippen molar-refractivity contribution in [2.24, 2.45) is 0 Å². The minimum Gasteiger partial charge on any atom is -0.497 e. The highest BCUT2D eigenvalue weighted by molar-refractivity contribution is 6.12. The summed E-state index contributed by atoms with van der Waals surface area (Å²) >= 11 is 0. The van der Waals surface area contributed by atoms with E-state index in [2.05, 4.69) is 5.32 Å². The van der Waals surface area contributed by atoms with Crippen LogP contribution in [0.25, 0.3) is 0 Å². The number of benzene rings is 3. The Bertz CT molecular complexity index is 1560. The number of ketones is 1. The molecular weight excluding hydrogens is 492 g/mol. The molecule has 3 aromatic carbocycles. The molecule has 7 heteroatoms. The summed E-state index contributed by atoms with van der Waals surface area (Å²) in [6, 6.07) is 25.2. The minimum absolute atomic E-state index is 0.0404. The summed E-state index contributed by atoms with van der Waals surface area (Å²) < 4.78 is 16.8. The second-order valence-corrected chi connectivity index (χ2v) is 9.63. The molecule has 2 atom stereocenters. The number of allylic oxidation sites excluding steroid dienone is 1. The molecule has 1 aliphatic heterocycles. The topological polar surface area (TPSA) is 81.0 Å². The van der Waals surface area contributed by atoms with Crippen molar-refractivity contribution in [3.05, 3.63) is 119 Å². The fourth-order valence-corrected chi connectivity index (χ4v) is 5.60. The van der Waals surface area contributed by atoms with Crippen molar-refractivity contribution < 1.29 is 23.5 Å². The van der Waals surface area contributed by atoms with Gasteiger partial charge in [0.25, 0.3) is 5.91 Å². The van der Waals surface area contributed by atoms with E-state index in [9.17, 15) is 9.59 Å². The van der Waals surface area contributed by atoms with Crippen LogP contribution in [0.15, 0.2) is 107 Å². The third-order valence-corrected chi connectivity index (χ3v) is 7.42. The average Bonchev–Trinajstić information content (AvgIpc) is 3.47. The van der Waals surface area contributed by atoms with Gasteiger partial charge in [0.1, 0.15) is 17.3 Å². The molecule has 6 rings (SSSR count). The van der Waals surface area contributed by atoms with Gasteiger partial charge in [-0.1, -0.05) is 30.3 Å². The number of anilines is 2. The molecular formula is C32H28N2O5. The number of ether oxygens (including phenoxy) is 2. The van der Waals surface area contributed by atoms with Gasteiger partial charge < -0.3 is 19.2 Å². The molecule has 0 radical (unpaired) electrons. The Balaban J connectivity index is 1.58. The summed E-state index contributed by atoms with van der Waals surface area (Å²) in [4.78, 5) is 30.2. The Morgan fingerprint density at radius 3 is 2.41 bits per heavy atom. The van der Waals surface area contributed by atoms with E-state index in [1.807, 2.05) is 60.7 Å². The van der Waals surface area contributed by atoms with Crippen molar-refractivity contribution >= 4 is 23.1 Å². The van der Waals surface area contributed by atoms with Crippen LogP contribution in [0.3, 0.4) is 0 Å². The number of para-hydroxylation sites is 3. The lowest BCUT2D eigenvalue weighted by Gasteiger charge is -2.35. The van der Waals surface area contributed by atoms with E-state index in [-0.39, 0.29) is 24.0 Å². The largest absolute Gasteiger partial charge is 0.497 e. The van der Waals surface area contributed by atoms with Gasteiger partial charge in [-0.2, -0.15) is 0 Å². The van der Waals surface area contributed by atoms with Gasteiger partial charge in [0, 0.05) is 34.7 Å². The van der Waals surface area contributed by atoms with Crippen molar-refractivity contribution in [1.29, 1.82) is 0 Å². The van der Waals surface area contributed by atoms with E-state index in [4.69, 9.17) is 13.9 Å². The first kappa shape index (κ1) is 24.6. The zero-order valence-electron chi connectivity index (χ0n) is 21.7. The van der Waals surface area contributed by atoms with E-state index in [1.54, 1.807) is 49.6 Å². The monoisotopic (exact) mass is 520 g/mol. The van der Waals surface area contributed by atoms with Crippen LogP contribution in [-0.2, 0) is 4.79 Å². The minimum atomic E-state index is -0.716. The number of nitrogens with one attached hydrogen (secondary N) is 1. The fraction of sp³-hybridized carbons (Fsp3) is 0.188. The van der Waals surface area contributed by atoms with Gasteiger partial charge in [0.05, 0.1) is 37.9 Å². The van der Waals surface area contributed by atoms with Crippen LogP contribution in [0.2, 0.25) is 0 Å². The van der Waals surface area contributed by atoms with E-state index < -0.39 is 6.04 Å². The van der Waals surface area contributed by atoms with E-state index in [0.717, 1.165) is 22.7 Å². The number of fused-ring (bicyclic) bond motifs is 1. The molecule has 1 N–H and O–H groups in total. The second kappa shape index (κ2) is 10.2. The summed E-state index contributed by atoms with van der Waals surface area (Å²) in [5, 5.41) is 3.54. The molecule has 2 heterocycles. The normalized spacial score (nSPS) is 18.5. The summed E-state index contributed by atoms with van der Waals surface area (Å²) in [5.74, 6) is 1.64. The highest BCUT2D eigenvalue weighted by Gasteiger charge is 2.43. The van der Waals surface area contributed by atoms with E-state index >= 15 is 0 Å². The quantitative estimate of drug-likeness (QED) is 0.323. The van der Waals surface area contributed by atoms with Crippen LogP contribution < -0.4 is 19.7 Å². The standard InChI is InChI=1S/C32H28N2O5/c1-37-22-15-13-20(14-16-22)32(36)34-26-10-5-4-9-24(26)33-25-18-21(28-12-7-17-39-28)19-27(35)30(25)31(34)23-8-3-6-11-29(23)38-2/h3-17,21,31,33H,18-19H2,1-2H3/t21-,31-/m1/s1. The molecule has 39 heavy (non-hydrogen) atoms. The fourth-order valence-electron chi connectivity index (χ4n) is 5.60. The smallest absolute Gasteiger partial charge is 0.259 e.